The summed E-state index contributed by atoms with van der Waals surface area (Å²) >= 11 is 0. The first kappa shape index (κ1) is 7.99. The summed E-state index contributed by atoms with van der Waals surface area (Å²) in [7, 11) is 0. The highest BCUT2D eigenvalue weighted by atomic mass is 14.6. The molecule has 0 fully saturated rings. The van der Waals surface area contributed by atoms with Gasteiger partial charge in [-0.1, -0.05) is 19.1 Å². The Morgan fingerprint density at radius 1 is 1.27 bits per heavy atom. The molecule has 0 radical (unpaired) electrons. The van der Waals surface area contributed by atoms with Gasteiger partial charge in [-0.15, -0.1) is 0 Å². The van der Waals surface area contributed by atoms with Gasteiger partial charge in [0.2, 0.25) is 0 Å². The quantitative estimate of drug-likeness (QED) is 0.599. The van der Waals surface area contributed by atoms with Crippen LogP contribution in [0.2, 0.25) is 0 Å². The summed E-state index contributed by atoms with van der Waals surface area (Å²) in [6.07, 6.45) is 10.2. The molecular formula is C10H13N. The van der Waals surface area contributed by atoms with E-state index >= 15 is 0 Å². The van der Waals surface area contributed by atoms with E-state index in [2.05, 4.69) is 24.1 Å². The van der Waals surface area contributed by atoms with Gasteiger partial charge in [-0.05, 0) is 30.5 Å². The van der Waals surface area contributed by atoms with Crippen LogP contribution >= 0.6 is 0 Å². The standard InChI is InChI=1S/C10H13N/c1-2-3-4-5-10-6-8-11-9-7-10/h3-4,6-9H,2,5H2,1H3/b4-3+. The highest BCUT2D eigenvalue weighted by Crippen LogP contribution is 1.98. The second-order valence-corrected chi connectivity index (χ2v) is 2.44. The lowest BCUT2D eigenvalue weighted by atomic mass is 10.2. The second-order valence-electron chi connectivity index (χ2n) is 2.44. The van der Waals surface area contributed by atoms with Crippen LogP contribution in [0.5, 0.6) is 0 Å². The molecule has 58 valence electrons. The van der Waals surface area contributed by atoms with Crippen molar-refractivity contribution in [1.82, 2.24) is 4.98 Å². The summed E-state index contributed by atoms with van der Waals surface area (Å²) in [5.41, 5.74) is 1.32. The molecule has 1 rings (SSSR count). The Morgan fingerprint density at radius 2 is 2.00 bits per heavy atom. The zero-order valence-electron chi connectivity index (χ0n) is 6.83. The van der Waals surface area contributed by atoms with E-state index < -0.39 is 0 Å². The van der Waals surface area contributed by atoms with Crippen molar-refractivity contribution in [3.63, 3.8) is 0 Å². The normalized spacial score (nSPS) is 10.6. The number of rotatable bonds is 3. The van der Waals surface area contributed by atoms with Crippen molar-refractivity contribution in [2.24, 2.45) is 0 Å². The average Bonchev–Trinajstić information content (AvgIpc) is 2.07. The third-order valence-corrected chi connectivity index (χ3v) is 1.51. The summed E-state index contributed by atoms with van der Waals surface area (Å²) in [6, 6.07) is 4.08. The molecule has 1 heterocycles. The SMILES string of the molecule is CC/C=C/Cc1ccncc1. The average molecular weight is 147 g/mol. The number of allylic oxidation sites excluding steroid dienone is 2. The van der Waals surface area contributed by atoms with E-state index in [0.717, 1.165) is 12.8 Å². The molecule has 0 spiro atoms. The summed E-state index contributed by atoms with van der Waals surface area (Å²) < 4.78 is 0. The Bertz CT molecular complexity index is 214. The number of aromatic nitrogens is 1. The molecule has 1 heteroatoms. The minimum atomic E-state index is 1.02. The number of hydrogen-bond donors (Lipinski definition) is 0. The van der Waals surface area contributed by atoms with Gasteiger partial charge in [0, 0.05) is 12.4 Å². The molecule has 1 aromatic rings. The predicted octanol–water partition coefficient (Wildman–Crippen LogP) is 2.59. The van der Waals surface area contributed by atoms with Crippen LogP contribution in [0.25, 0.3) is 0 Å². The molecule has 1 nitrogen and oxygen atoms in total. The summed E-state index contributed by atoms with van der Waals surface area (Å²) in [5.74, 6) is 0. The molecule has 0 atom stereocenters. The van der Waals surface area contributed by atoms with Gasteiger partial charge in [-0.3, -0.25) is 4.98 Å². The summed E-state index contributed by atoms with van der Waals surface area (Å²) in [4.78, 5) is 3.95. The Labute approximate surface area is 67.8 Å². The fourth-order valence-corrected chi connectivity index (χ4v) is 0.905. The van der Waals surface area contributed by atoms with Gasteiger partial charge >= 0.3 is 0 Å². The summed E-state index contributed by atoms with van der Waals surface area (Å²) in [6.45, 7) is 2.14. The van der Waals surface area contributed by atoms with Crippen LogP contribution in [0.3, 0.4) is 0 Å². The Balaban J connectivity index is 2.45. The van der Waals surface area contributed by atoms with Gasteiger partial charge in [0.05, 0.1) is 0 Å². The molecule has 0 aliphatic carbocycles. The largest absolute Gasteiger partial charge is 0.265 e. The van der Waals surface area contributed by atoms with Gasteiger partial charge in [-0.2, -0.15) is 0 Å². The molecule has 0 bridgehead atoms. The smallest absolute Gasteiger partial charge is 0.0270 e. The van der Waals surface area contributed by atoms with Crippen LogP contribution in [0, 0.1) is 0 Å². The van der Waals surface area contributed by atoms with Crippen LogP contribution in [0.15, 0.2) is 36.7 Å². The minimum absolute atomic E-state index is 1.02. The molecule has 0 aliphatic heterocycles. The van der Waals surface area contributed by atoms with Gasteiger partial charge in [0.1, 0.15) is 0 Å². The van der Waals surface area contributed by atoms with Crippen molar-refractivity contribution >= 4 is 0 Å². The van der Waals surface area contributed by atoms with Gasteiger partial charge in [0.15, 0.2) is 0 Å². The molecule has 0 aliphatic rings. The third kappa shape index (κ3) is 2.99. The predicted molar refractivity (Wildman–Crippen MR) is 47.4 cm³/mol. The van der Waals surface area contributed by atoms with Crippen LogP contribution < -0.4 is 0 Å². The molecule has 0 amide bonds. The summed E-state index contributed by atoms with van der Waals surface area (Å²) in [5, 5.41) is 0. The maximum absolute atomic E-state index is 3.95. The van der Waals surface area contributed by atoms with E-state index in [1.54, 1.807) is 0 Å². The van der Waals surface area contributed by atoms with Crippen LogP contribution in [-0.2, 0) is 6.42 Å². The maximum atomic E-state index is 3.95. The molecule has 1 aromatic heterocycles. The zero-order chi connectivity index (χ0) is 7.94. The fourth-order valence-electron chi connectivity index (χ4n) is 0.905. The molecule has 0 N–H and O–H groups in total. The van der Waals surface area contributed by atoms with E-state index in [1.807, 2.05) is 24.5 Å². The number of hydrogen-bond acceptors (Lipinski definition) is 1. The fraction of sp³-hybridized carbons (Fsp3) is 0.300. The zero-order valence-corrected chi connectivity index (χ0v) is 6.83. The first-order chi connectivity index (χ1) is 5.43. The highest BCUT2D eigenvalue weighted by Gasteiger charge is 1.84. The number of pyridine rings is 1. The van der Waals surface area contributed by atoms with E-state index in [4.69, 9.17) is 0 Å². The van der Waals surface area contributed by atoms with Crippen LogP contribution in [0.1, 0.15) is 18.9 Å². The molecule has 0 aromatic carbocycles. The van der Waals surface area contributed by atoms with Crippen molar-refractivity contribution < 1.29 is 0 Å². The molecule has 11 heavy (non-hydrogen) atoms. The Hall–Kier alpha value is -1.11. The van der Waals surface area contributed by atoms with Crippen molar-refractivity contribution in [3.8, 4) is 0 Å². The molecule has 0 unspecified atom stereocenters. The lowest BCUT2D eigenvalue weighted by Gasteiger charge is -1.92. The lowest BCUT2D eigenvalue weighted by Crippen LogP contribution is -1.79. The van der Waals surface area contributed by atoms with Gasteiger partial charge in [0.25, 0.3) is 0 Å². The van der Waals surface area contributed by atoms with Gasteiger partial charge in [-0.25, -0.2) is 0 Å². The van der Waals surface area contributed by atoms with E-state index in [0.29, 0.717) is 0 Å². The van der Waals surface area contributed by atoms with Crippen molar-refractivity contribution in [3.05, 3.63) is 42.2 Å². The minimum Gasteiger partial charge on any atom is -0.265 e. The first-order valence-corrected chi connectivity index (χ1v) is 3.97. The van der Waals surface area contributed by atoms with Crippen molar-refractivity contribution in [2.45, 2.75) is 19.8 Å². The second kappa shape index (κ2) is 4.67. The topological polar surface area (TPSA) is 12.9 Å². The van der Waals surface area contributed by atoms with Crippen molar-refractivity contribution in [2.75, 3.05) is 0 Å². The lowest BCUT2D eigenvalue weighted by molar-refractivity contribution is 1.16. The van der Waals surface area contributed by atoms with Gasteiger partial charge < -0.3 is 0 Å². The van der Waals surface area contributed by atoms with E-state index in [1.165, 1.54) is 5.56 Å². The Kier molecular flexibility index (Phi) is 3.39. The highest BCUT2D eigenvalue weighted by molar-refractivity contribution is 5.13. The molecular weight excluding hydrogens is 134 g/mol. The maximum Gasteiger partial charge on any atom is 0.0270 e. The molecule has 0 saturated heterocycles. The van der Waals surface area contributed by atoms with Crippen LogP contribution in [0.4, 0.5) is 0 Å². The Morgan fingerprint density at radius 3 is 2.64 bits per heavy atom. The van der Waals surface area contributed by atoms with Crippen LogP contribution in [-0.4, -0.2) is 4.98 Å². The van der Waals surface area contributed by atoms with E-state index in [-0.39, 0.29) is 0 Å². The van der Waals surface area contributed by atoms with Crippen molar-refractivity contribution in [1.29, 1.82) is 0 Å². The monoisotopic (exact) mass is 147 g/mol. The van der Waals surface area contributed by atoms with E-state index in [9.17, 15) is 0 Å². The third-order valence-electron chi connectivity index (χ3n) is 1.51. The molecule has 0 saturated carbocycles. The first-order valence-electron chi connectivity index (χ1n) is 3.97. The number of nitrogens with zero attached hydrogens (tertiary/aromatic N) is 1.